The highest BCUT2D eigenvalue weighted by Crippen LogP contribution is 2.50. The first-order valence-corrected chi connectivity index (χ1v) is 9.54. The molecule has 0 aromatic heterocycles. The number of rotatable bonds is 4. The molecule has 0 fully saturated rings. The van der Waals surface area contributed by atoms with E-state index < -0.39 is 0 Å². The molecule has 22 heavy (non-hydrogen) atoms. The van der Waals surface area contributed by atoms with Gasteiger partial charge in [-0.2, -0.15) is 0 Å². The first-order chi connectivity index (χ1) is 10.2. The van der Waals surface area contributed by atoms with Crippen LogP contribution in [0.3, 0.4) is 0 Å². The molecule has 1 heteroatoms. The molecule has 2 rings (SSSR count). The van der Waals surface area contributed by atoms with E-state index in [1.54, 1.807) is 0 Å². The first kappa shape index (κ1) is 17.2. The summed E-state index contributed by atoms with van der Waals surface area (Å²) in [6.07, 6.45) is 1.19. The zero-order valence-electron chi connectivity index (χ0n) is 15.1. The van der Waals surface area contributed by atoms with Crippen molar-refractivity contribution in [1.82, 2.24) is 0 Å². The molecule has 0 saturated heterocycles. The molecule has 0 unspecified atom stereocenters. The van der Waals surface area contributed by atoms with Crippen LogP contribution in [0, 0.1) is 27.7 Å². The minimum Gasteiger partial charge on any atom is -0.0645 e. The van der Waals surface area contributed by atoms with Crippen LogP contribution in [0.1, 0.15) is 49.4 Å². The van der Waals surface area contributed by atoms with Crippen LogP contribution >= 0.6 is 7.92 Å². The van der Waals surface area contributed by atoms with Crippen molar-refractivity contribution >= 4 is 18.5 Å². The van der Waals surface area contributed by atoms with E-state index in [0.29, 0.717) is 5.16 Å². The minimum atomic E-state index is -0.359. The summed E-state index contributed by atoms with van der Waals surface area (Å²) >= 11 is 0. The summed E-state index contributed by atoms with van der Waals surface area (Å²) in [6, 6.07) is 14.1. The summed E-state index contributed by atoms with van der Waals surface area (Å²) < 4.78 is 0. The lowest BCUT2D eigenvalue weighted by Gasteiger charge is -2.35. The Bertz CT molecular complexity index is 576. The Morgan fingerprint density at radius 3 is 1.27 bits per heavy atom. The van der Waals surface area contributed by atoms with Gasteiger partial charge >= 0.3 is 0 Å². The fourth-order valence-corrected chi connectivity index (χ4v) is 6.51. The molecule has 0 amide bonds. The van der Waals surface area contributed by atoms with Crippen molar-refractivity contribution < 1.29 is 0 Å². The number of hydrogen-bond acceptors (Lipinski definition) is 0. The molecular weight excluding hydrogens is 283 g/mol. The van der Waals surface area contributed by atoms with E-state index in [2.05, 4.69) is 84.9 Å². The topological polar surface area (TPSA) is 0 Å². The fourth-order valence-electron chi connectivity index (χ4n) is 3.17. The van der Waals surface area contributed by atoms with E-state index in [-0.39, 0.29) is 7.92 Å². The zero-order chi connectivity index (χ0) is 16.5. The third-order valence-electron chi connectivity index (χ3n) is 4.40. The predicted molar refractivity (Wildman–Crippen MR) is 102 cm³/mol. The Morgan fingerprint density at radius 1 is 0.682 bits per heavy atom. The quantitative estimate of drug-likeness (QED) is 0.650. The normalized spacial score (nSPS) is 12.0. The van der Waals surface area contributed by atoms with Gasteiger partial charge in [0, 0.05) is 0 Å². The molecule has 0 bridgehead atoms. The van der Waals surface area contributed by atoms with Crippen molar-refractivity contribution in [2.24, 2.45) is 0 Å². The highest BCUT2D eigenvalue weighted by molar-refractivity contribution is 7.74. The van der Waals surface area contributed by atoms with Crippen LogP contribution in [0.2, 0.25) is 0 Å². The third-order valence-corrected chi connectivity index (χ3v) is 7.48. The van der Waals surface area contributed by atoms with Crippen LogP contribution in [0.15, 0.2) is 36.4 Å². The molecular formula is C21H29P. The largest absolute Gasteiger partial charge is 0.0645 e. The van der Waals surface area contributed by atoms with Gasteiger partial charge in [0.1, 0.15) is 0 Å². The summed E-state index contributed by atoms with van der Waals surface area (Å²) in [6.45, 7) is 16.0. The monoisotopic (exact) mass is 312 g/mol. The zero-order valence-corrected chi connectivity index (χ0v) is 16.0. The fraction of sp³-hybridized carbons (Fsp3) is 0.429. The third kappa shape index (κ3) is 3.79. The lowest BCUT2D eigenvalue weighted by Crippen LogP contribution is -2.29. The summed E-state index contributed by atoms with van der Waals surface area (Å²) in [4.78, 5) is 0. The van der Waals surface area contributed by atoms with Gasteiger partial charge in [-0.25, -0.2) is 0 Å². The number of benzene rings is 2. The van der Waals surface area contributed by atoms with Crippen molar-refractivity contribution in [3.8, 4) is 0 Å². The Hall–Kier alpha value is -1.13. The molecule has 0 aliphatic carbocycles. The standard InChI is InChI=1S/C21H29P/c1-8-21(6,7)22(19-11-15(2)9-16(3)12-19)20-13-17(4)10-18(5)14-20/h9-14H,8H2,1-7H3. The molecule has 0 spiro atoms. The second-order valence-corrected chi connectivity index (χ2v) is 10.1. The smallest absolute Gasteiger partial charge is 0.00735 e. The highest BCUT2D eigenvalue weighted by Gasteiger charge is 2.30. The molecule has 0 heterocycles. The maximum atomic E-state index is 2.42. The molecule has 2 aromatic rings. The van der Waals surface area contributed by atoms with E-state index in [9.17, 15) is 0 Å². The maximum Gasteiger partial charge on any atom is -0.00735 e. The molecule has 0 radical (unpaired) electrons. The van der Waals surface area contributed by atoms with Crippen LogP contribution in [0.5, 0.6) is 0 Å². The van der Waals surface area contributed by atoms with Gasteiger partial charge in [-0.15, -0.1) is 0 Å². The summed E-state index contributed by atoms with van der Waals surface area (Å²) in [5.74, 6) is 0. The van der Waals surface area contributed by atoms with Gasteiger partial charge in [-0.1, -0.05) is 79.4 Å². The number of hydrogen-bond donors (Lipinski definition) is 0. The molecule has 0 nitrogen and oxygen atoms in total. The van der Waals surface area contributed by atoms with E-state index >= 15 is 0 Å². The van der Waals surface area contributed by atoms with Crippen LogP contribution in [0.4, 0.5) is 0 Å². The molecule has 0 saturated carbocycles. The summed E-state index contributed by atoms with van der Waals surface area (Å²) in [5, 5.41) is 3.34. The average molecular weight is 312 g/mol. The Morgan fingerprint density at radius 2 is 1.00 bits per heavy atom. The van der Waals surface area contributed by atoms with Crippen molar-refractivity contribution in [2.75, 3.05) is 0 Å². The Labute approximate surface area is 137 Å². The van der Waals surface area contributed by atoms with Crippen LogP contribution in [-0.4, -0.2) is 5.16 Å². The van der Waals surface area contributed by atoms with Gasteiger partial charge in [-0.05, 0) is 57.8 Å². The maximum absolute atomic E-state index is 2.42. The first-order valence-electron chi connectivity index (χ1n) is 8.20. The Kier molecular flexibility index (Phi) is 5.13. The van der Waals surface area contributed by atoms with Crippen molar-refractivity contribution in [3.63, 3.8) is 0 Å². The van der Waals surface area contributed by atoms with Crippen LogP contribution in [-0.2, 0) is 0 Å². The Balaban J connectivity index is 2.66. The van der Waals surface area contributed by atoms with Crippen molar-refractivity contribution in [2.45, 2.75) is 60.0 Å². The van der Waals surface area contributed by atoms with Crippen LogP contribution < -0.4 is 10.6 Å². The molecule has 0 atom stereocenters. The summed E-state index contributed by atoms with van der Waals surface area (Å²) in [5.41, 5.74) is 5.50. The predicted octanol–water partition coefficient (Wildman–Crippen LogP) is 5.54. The van der Waals surface area contributed by atoms with Gasteiger partial charge < -0.3 is 0 Å². The number of aryl methyl sites for hydroxylation is 4. The lowest BCUT2D eigenvalue weighted by molar-refractivity contribution is 0.676. The van der Waals surface area contributed by atoms with E-state index in [0.717, 1.165) is 0 Å². The molecule has 118 valence electrons. The molecule has 0 aliphatic heterocycles. The second kappa shape index (κ2) is 6.55. The van der Waals surface area contributed by atoms with Crippen molar-refractivity contribution in [3.05, 3.63) is 58.7 Å². The van der Waals surface area contributed by atoms with Gasteiger partial charge in [0.2, 0.25) is 0 Å². The lowest BCUT2D eigenvalue weighted by atomic mass is 10.1. The van der Waals surface area contributed by atoms with E-state index in [4.69, 9.17) is 0 Å². The average Bonchev–Trinajstić information content (AvgIpc) is 2.36. The minimum absolute atomic E-state index is 0.301. The second-order valence-electron chi connectivity index (χ2n) is 7.19. The SMILES string of the molecule is CCC(C)(C)P(c1cc(C)cc(C)c1)c1cc(C)cc(C)c1. The van der Waals surface area contributed by atoms with E-state index in [1.807, 2.05) is 0 Å². The van der Waals surface area contributed by atoms with Gasteiger partial charge in [0.25, 0.3) is 0 Å². The molecule has 2 aromatic carbocycles. The van der Waals surface area contributed by atoms with Crippen molar-refractivity contribution in [1.29, 1.82) is 0 Å². The van der Waals surface area contributed by atoms with Gasteiger partial charge in [0.05, 0.1) is 0 Å². The van der Waals surface area contributed by atoms with Gasteiger partial charge in [0.15, 0.2) is 0 Å². The van der Waals surface area contributed by atoms with Gasteiger partial charge in [-0.3, -0.25) is 0 Å². The summed E-state index contributed by atoms with van der Waals surface area (Å²) in [7, 11) is -0.359. The molecule has 0 aliphatic rings. The highest BCUT2D eigenvalue weighted by atomic mass is 31.1. The van der Waals surface area contributed by atoms with E-state index in [1.165, 1.54) is 39.3 Å². The van der Waals surface area contributed by atoms with Crippen LogP contribution in [0.25, 0.3) is 0 Å². The molecule has 0 N–H and O–H groups in total.